The summed E-state index contributed by atoms with van der Waals surface area (Å²) in [6.45, 7) is 6.88. The fourth-order valence-electron chi connectivity index (χ4n) is 2.05. The minimum absolute atomic E-state index is 0.235. The maximum Gasteiger partial charge on any atom is 0.407 e. The molecule has 1 amide bonds. The Morgan fingerprint density at radius 3 is 3.00 bits per heavy atom. The van der Waals surface area contributed by atoms with Gasteiger partial charge in [-0.2, -0.15) is 0 Å². The van der Waals surface area contributed by atoms with Crippen LogP contribution in [0.3, 0.4) is 0 Å². The summed E-state index contributed by atoms with van der Waals surface area (Å²) in [5.41, 5.74) is 1.09. The Labute approximate surface area is 133 Å². The average molecular weight is 357 g/mol. The summed E-state index contributed by atoms with van der Waals surface area (Å²) in [6, 6.07) is 5.97. The number of nitrogens with one attached hydrogen (secondary N) is 2. The predicted octanol–water partition coefficient (Wildman–Crippen LogP) is 2.68. The van der Waals surface area contributed by atoms with Gasteiger partial charge in [0.1, 0.15) is 12.4 Å². The third-order valence-electron chi connectivity index (χ3n) is 3.08. The van der Waals surface area contributed by atoms with Crippen molar-refractivity contribution in [1.82, 2.24) is 10.6 Å². The SMILES string of the molecule is CC(C)CNCc1cccc(Br)c1OCC1CNC(=O)O1. The summed E-state index contributed by atoms with van der Waals surface area (Å²) >= 11 is 3.51. The van der Waals surface area contributed by atoms with Crippen molar-refractivity contribution in [1.29, 1.82) is 0 Å². The molecule has 1 aliphatic rings. The van der Waals surface area contributed by atoms with Crippen LogP contribution in [0.15, 0.2) is 22.7 Å². The number of carbonyl (C=O) groups excluding carboxylic acids is 1. The first-order chi connectivity index (χ1) is 10.1. The first-order valence-corrected chi connectivity index (χ1v) is 7.91. The molecular formula is C15H21BrN2O3. The highest BCUT2D eigenvalue weighted by Crippen LogP contribution is 2.29. The molecule has 6 heteroatoms. The fourth-order valence-corrected chi connectivity index (χ4v) is 2.57. The van der Waals surface area contributed by atoms with Gasteiger partial charge >= 0.3 is 6.09 Å². The van der Waals surface area contributed by atoms with Gasteiger partial charge in [0.15, 0.2) is 6.10 Å². The van der Waals surface area contributed by atoms with Crippen LogP contribution in [-0.4, -0.2) is 31.9 Å². The van der Waals surface area contributed by atoms with E-state index in [1.54, 1.807) is 0 Å². The van der Waals surface area contributed by atoms with Gasteiger partial charge in [0.05, 0.1) is 11.0 Å². The van der Waals surface area contributed by atoms with Crippen LogP contribution < -0.4 is 15.4 Å². The van der Waals surface area contributed by atoms with E-state index in [-0.39, 0.29) is 12.2 Å². The fraction of sp³-hybridized carbons (Fsp3) is 0.533. The Balaban J connectivity index is 1.94. The van der Waals surface area contributed by atoms with Crippen LogP contribution in [0, 0.1) is 5.92 Å². The number of hydrogen-bond donors (Lipinski definition) is 2. The lowest BCUT2D eigenvalue weighted by Gasteiger charge is -2.16. The zero-order valence-electron chi connectivity index (χ0n) is 12.3. The number of cyclic esters (lactones) is 1. The molecule has 0 saturated carbocycles. The van der Waals surface area contributed by atoms with Gasteiger partial charge in [0.25, 0.3) is 0 Å². The van der Waals surface area contributed by atoms with Gasteiger partial charge in [0, 0.05) is 12.1 Å². The highest BCUT2D eigenvalue weighted by molar-refractivity contribution is 9.10. The average Bonchev–Trinajstić information content (AvgIpc) is 2.83. The molecule has 1 aliphatic heterocycles. The van der Waals surface area contributed by atoms with Crippen molar-refractivity contribution in [3.63, 3.8) is 0 Å². The van der Waals surface area contributed by atoms with Crippen molar-refractivity contribution in [3.8, 4) is 5.75 Å². The number of amides is 1. The van der Waals surface area contributed by atoms with E-state index >= 15 is 0 Å². The van der Waals surface area contributed by atoms with Crippen molar-refractivity contribution in [2.45, 2.75) is 26.5 Å². The normalized spacial score (nSPS) is 17.7. The predicted molar refractivity (Wildman–Crippen MR) is 84.5 cm³/mol. The highest BCUT2D eigenvalue weighted by Gasteiger charge is 2.23. The monoisotopic (exact) mass is 356 g/mol. The van der Waals surface area contributed by atoms with Gasteiger partial charge in [0.2, 0.25) is 0 Å². The van der Waals surface area contributed by atoms with Crippen LogP contribution in [-0.2, 0) is 11.3 Å². The summed E-state index contributed by atoms with van der Waals surface area (Å²) < 4.78 is 11.8. The minimum atomic E-state index is -0.380. The summed E-state index contributed by atoms with van der Waals surface area (Å²) in [5, 5.41) is 6.02. The lowest BCUT2D eigenvalue weighted by molar-refractivity contribution is 0.104. The van der Waals surface area contributed by atoms with Crippen molar-refractivity contribution in [2.24, 2.45) is 5.92 Å². The zero-order valence-corrected chi connectivity index (χ0v) is 13.9. The molecule has 2 rings (SSSR count). The molecule has 2 N–H and O–H groups in total. The molecule has 0 aliphatic carbocycles. The Kier molecular flexibility index (Phi) is 5.87. The molecule has 1 saturated heterocycles. The summed E-state index contributed by atoms with van der Waals surface area (Å²) in [4.78, 5) is 11.0. The summed E-state index contributed by atoms with van der Waals surface area (Å²) in [5.74, 6) is 1.40. The van der Waals surface area contributed by atoms with Crippen LogP contribution in [0.5, 0.6) is 5.75 Å². The third-order valence-corrected chi connectivity index (χ3v) is 3.70. The topological polar surface area (TPSA) is 59.6 Å². The number of benzene rings is 1. The van der Waals surface area contributed by atoms with Gasteiger partial charge in [-0.1, -0.05) is 26.0 Å². The van der Waals surface area contributed by atoms with Crippen molar-refractivity contribution in [2.75, 3.05) is 19.7 Å². The van der Waals surface area contributed by atoms with E-state index in [1.807, 2.05) is 18.2 Å². The largest absolute Gasteiger partial charge is 0.488 e. The number of hydrogen-bond acceptors (Lipinski definition) is 4. The van der Waals surface area contributed by atoms with Crippen LogP contribution in [0.1, 0.15) is 19.4 Å². The second kappa shape index (κ2) is 7.66. The van der Waals surface area contributed by atoms with Crippen molar-refractivity contribution >= 4 is 22.0 Å². The van der Waals surface area contributed by atoms with E-state index in [0.717, 1.165) is 28.9 Å². The molecule has 0 bridgehead atoms. The Morgan fingerprint density at radius 1 is 1.52 bits per heavy atom. The van der Waals surface area contributed by atoms with E-state index in [9.17, 15) is 4.79 Å². The quantitative estimate of drug-likeness (QED) is 0.788. The van der Waals surface area contributed by atoms with E-state index < -0.39 is 0 Å². The van der Waals surface area contributed by atoms with Crippen molar-refractivity contribution in [3.05, 3.63) is 28.2 Å². The molecule has 21 heavy (non-hydrogen) atoms. The van der Waals surface area contributed by atoms with Gasteiger partial charge in [-0.25, -0.2) is 4.79 Å². The number of para-hydroxylation sites is 1. The molecule has 1 aromatic carbocycles. The Hall–Kier alpha value is -1.27. The van der Waals surface area contributed by atoms with E-state index in [1.165, 1.54) is 0 Å². The lowest BCUT2D eigenvalue weighted by atomic mass is 10.2. The van der Waals surface area contributed by atoms with E-state index in [0.29, 0.717) is 19.1 Å². The van der Waals surface area contributed by atoms with Crippen LogP contribution in [0.4, 0.5) is 4.79 Å². The molecule has 0 aromatic heterocycles. The van der Waals surface area contributed by atoms with E-state index in [4.69, 9.17) is 9.47 Å². The standard InChI is InChI=1S/C15H21BrN2O3/c1-10(2)6-17-7-11-4-3-5-13(16)14(11)20-9-12-8-18-15(19)21-12/h3-5,10,12,17H,6-9H2,1-2H3,(H,18,19). The Bertz CT molecular complexity index is 494. The molecule has 1 atom stereocenters. The molecule has 1 heterocycles. The molecule has 0 spiro atoms. The maximum absolute atomic E-state index is 11.0. The molecule has 0 radical (unpaired) electrons. The molecule has 5 nitrogen and oxygen atoms in total. The van der Waals surface area contributed by atoms with Gasteiger partial charge in [-0.15, -0.1) is 0 Å². The number of halogens is 1. The molecule has 116 valence electrons. The number of alkyl carbamates (subject to hydrolysis) is 1. The number of carbonyl (C=O) groups is 1. The van der Waals surface area contributed by atoms with Crippen LogP contribution in [0.25, 0.3) is 0 Å². The summed E-state index contributed by atoms with van der Waals surface area (Å²) in [7, 11) is 0. The van der Waals surface area contributed by atoms with Crippen LogP contribution in [0.2, 0.25) is 0 Å². The molecule has 1 aromatic rings. The molecule has 1 fully saturated rings. The van der Waals surface area contributed by atoms with Crippen LogP contribution >= 0.6 is 15.9 Å². The van der Waals surface area contributed by atoms with E-state index in [2.05, 4.69) is 40.4 Å². The van der Waals surface area contributed by atoms with Crippen molar-refractivity contribution < 1.29 is 14.3 Å². The maximum atomic E-state index is 11.0. The molecule has 1 unspecified atom stereocenters. The van der Waals surface area contributed by atoms with Gasteiger partial charge in [-0.05, 0) is 34.5 Å². The number of rotatable bonds is 7. The summed E-state index contributed by atoms with van der Waals surface area (Å²) in [6.07, 6.45) is -0.615. The smallest absolute Gasteiger partial charge is 0.407 e. The Morgan fingerprint density at radius 2 is 2.33 bits per heavy atom. The third kappa shape index (κ3) is 4.89. The first-order valence-electron chi connectivity index (χ1n) is 7.11. The highest BCUT2D eigenvalue weighted by atomic mass is 79.9. The lowest BCUT2D eigenvalue weighted by Crippen LogP contribution is -2.23. The zero-order chi connectivity index (χ0) is 15.2. The van der Waals surface area contributed by atoms with Gasteiger partial charge in [-0.3, -0.25) is 0 Å². The molecular weight excluding hydrogens is 336 g/mol. The minimum Gasteiger partial charge on any atom is -0.488 e. The first kappa shape index (κ1) is 16.1. The number of ether oxygens (including phenoxy) is 2. The second-order valence-electron chi connectivity index (χ2n) is 5.47. The van der Waals surface area contributed by atoms with Gasteiger partial charge < -0.3 is 20.1 Å². The second-order valence-corrected chi connectivity index (χ2v) is 6.33.